The standard InChI is InChI=1S/C23H17BrN2O3/c24-16-13-11-15(12-14-16)20-19-21(29-26(20)18-9-5-2-6-10-18)23(28)25(22(19)27)17-7-3-1-4-8-17/h1-14,19-21H. The molecule has 0 radical (unpaired) electrons. The van der Waals surface area contributed by atoms with Crippen LogP contribution in [0.2, 0.25) is 0 Å². The third-order valence-corrected chi connectivity index (χ3v) is 5.88. The monoisotopic (exact) mass is 448 g/mol. The Balaban J connectivity index is 1.59. The molecular formula is C23H17BrN2O3. The summed E-state index contributed by atoms with van der Waals surface area (Å²) in [6.07, 6.45) is -0.850. The molecule has 3 unspecified atom stereocenters. The maximum atomic E-state index is 13.4. The fourth-order valence-electron chi connectivity index (χ4n) is 4.04. The summed E-state index contributed by atoms with van der Waals surface area (Å²) < 4.78 is 0.947. The lowest BCUT2D eigenvalue weighted by Gasteiger charge is -2.28. The number of anilines is 2. The number of benzene rings is 3. The van der Waals surface area contributed by atoms with E-state index in [0.717, 1.165) is 15.7 Å². The van der Waals surface area contributed by atoms with E-state index in [-0.39, 0.29) is 11.8 Å². The predicted molar refractivity (Wildman–Crippen MR) is 113 cm³/mol. The van der Waals surface area contributed by atoms with Crippen LogP contribution in [-0.2, 0) is 14.4 Å². The minimum atomic E-state index is -0.850. The first-order chi connectivity index (χ1) is 14.1. The molecule has 2 saturated heterocycles. The van der Waals surface area contributed by atoms with Crippen molar-refractivity contribution in [3.05, 3.63) is 95.0 Å². The van der Waals surface area contributed by atoms with Crippen molar-refractivity contribution >= 4 is 39.1 Å². The third kappa shape index (κ3) is 2.96. The second-order valence-corrected chi connectivity index (χ2v) is 7.97. The van der Waals surface area contributed by atoms with Crippen molar-refractivity contribution in [2.45, 2.75) is 12.1 Å². The zero-order valence-electron chi connectivity index (χ0n) is 15.3. The smallest absolute Gasteiger partial charge is 0.266 e. The summed E-state index contributed by atoms with van der Waals surface area (Å²) in [6.45, 7) is 0. The van der Waals surface area contributed by atoms with E-state index in [9.17, 15) is 9.59 Å². The lowest BCUT2D eigenvalue weighted by molar-refractivity contribution is -0.126. The van der Waals surface area contributed by atoms with E-state index in [1.807, 2.05) is 72.8 Å². The van der Waals surface area contributed by atoms with Crippen molar-refractivity contribution in [2.24, 2.45) is 5.92 Å². The predicted octanol–water partition coefficient (Wildman–Crippen LogP) is 4.50. The van der Waals surface area contributed by atoms with Crippen LogP contribution in [0.4, 0.5) is 11.4 Å². The average molecular weight is 449 g/mol. The van der Waals surface area contributed by atoms with Crippen LogP contribution >= 0.6 is 15.9 Å². The number of carbonyl (C=O) groups is 2. The maximum absolute atomic E-state index is 13.4. The number of halogens is 1. The minimum absolute atomic E-state index is 0.238. The molecule has 2 amide bonds. The normalized spacial score (nSPS) is 23.6. The topological polar surface area (TPSA) is 49.9 Å². The molecule has 0 spiro atoms. The third-order valence-electron chi connectivity index (χ3n) is 5.35. The van der Waals surface area contributed by atoms with Crippen LogP contribution in [0.5, 0.6) is 0 Å². The number of carbonyl (C=O) groups excluding carboxylic acids is 2. The van der Waals surface area contributed by atoms with E-state index < -0.39 is 18.1 Å². The van der Waals surface area contributed by atoms with Crippen LogP contribution in [0, 0.1) is 5.92 Å². The van der Waals surface area contributed by atoms with Gasteiger partial charge in [0.25, 0.3) is 5.91 Å². The lowest BCUT2D eigenvalue weighted by atomic mass is 9.90. The molecule has 0 aromatic heterocycles. The molecule has 29 heavy (non-hydrogen) atoms. The molecule has 0 aliphatic carbocycles. The van der Waals surface area contributed by atoms with E-state index in [2.05, 4.69) is 15.9 Å². The zero-order chi connectivity index (χ0) is 20.0. The lowest BCUT2D eigenvalue weighted by Crippen LogP contribution is -2.37. The second-order valence-electron chi connectivity index (χ2n) is 7.06. The molecule has 3 aromatic carbocycles. The summed E-state index contributed by atoms with van der Waals surface area (Å²) in [5.74, 6) is -1.19. The van der Waals surface area contributed by atoms with Crippen LogP contribution in [0.25, 0.3) is 0 Å². The van der Waals surface area contributed by atoms with Gasteiger partial charge in [0.05, 0.1) is 17.4 Å². The SMILES string of the molecule is O=C1C2ON(c3ccccc3)C(c3ccc(Br)cc3)C2C(=O)N1c1ccccc1. The molecule has 144 valence electrons. The summed E-state index contributed by atoms with van der Waals surface area (Å²) >= 11 is 3.46. The van der Waals surface area contributed by atoms with Crippen molar-refractivity contribution in [1.29, 1.82) is 0 Å². The quantitative estimate of drug-likeness (QED) is 0.553. The highest BCUT2D eigenvalue weighted by Crippen LogP contribution is 2.47. The molecule has 0 saturated carbocycles. The first-order valence-corrected chi connectivity index (χ1v) is 10.1. The van der Waals surface area contributed by atoms with Gasteiger partial charge in [-0.3, -0.25) is 14.4 Å². The van der Waals surface area contributed by atoms with Crippen LogP contribution in [0.3, 0.4) is 0 Å². The molecular weight excluding hydrogens is 432 g/mol. The molecule has 0 N–H and O–H groups in total. The Bertz CT molecular complexity index is 1060. The largest absolute Gasteiger partial charge is 0.273 e. The number of imide groups is 1. The van der Waals surface area contributed by atoms with E-state index >= 15 is 0 Å². The van der Waals surface area contributed by atoms with Gasteiger partial charge in [0, 0.05) is 4.47 Å². The Kier molecular flexibility index (Phi) is 4.45. The van der Waals surface area contributed by atoms with Gasteiger partial charge in [-0.2, -0.15) is 0 Å². The molecule has 2 fully saturated rings. The van der Waals surface area contributed by atoms with Crippen molar-refractivity contribution in [1.82, 2.24) is 0 Å². The number of nitrogens with zero attached hydrogens (tertiary/aromatic N) is 2. The molecule has 2 heterocycles. The Morgan fingerprint density at radius 1 is 0.724 bits per heavy atom. The summed E-state index contributed by atoms with van der Waals surface area (Å²) in [4.78, 5) is 33.9. The van der Waals surface area contributed by atoms with E-state index in [1.165, 1.54) is 4.90 Å². The van der Waals surface area contributed by atoms with Crippen molar-refractivity contribution in [3.63, 3.8) is 0 Å². The highest BCUT2D eigenvalue weighted by Gasteiger charge is 2.60. The number of hydroxylamine groups is 1. The molecule has 5 nitrogen and oxygen atoms in total. The molecule has 5 rings (SSSR count). The van der Waals surface area contributed by atoms with Crippen LogP contribution in [0.1, 0.15) is 11.6 Å². The minimum Gasteiger partial charge on any atom is -0.273 e. The van der Waals surface area contributed by atoms with Gasteiger partial charge < -0.3 is 0 Å². The molecule has 3 aromatic rings. The first-order valence-electron chi connectivity index (χ1n) is 9.34. The fourth-order valence-corrected chi connectivity index (χ4v) is 4.31. The van der Waals surface area contributed by atoms with Crippen LogP contribution in [-0.4, -0.2) is 17.9 Å². The van der Waals surface area contributed by atoms with Crippen LogP contribution in [0.15, 0.2) is 89.4 Å². The number of para-hydroxylation sites is 2. The van der Waals surface area contributed by atoms with Gasteiger partial charge >= 0.3 is 0 Å². The van der Waals surface area contributed by atoms with E-state index in [0.29, 0.717) is 5.69 Å². The van der Waals surface area contributed by atoms with E-state index in [4.69, 9.17) is 4.84 Å². The molecule has 2 aliphatic rings. The molecule has 6 heteroatoms. The Morgan fingerprint density at radius 3 is 1.93 bits per heavy atom. The molecule has 0 bridgehead atoms. The Hall–Kier alpha value is -2.96. The highest BCUT2D eigenvalue weighted by atomic mass is 79.9. The van der Waals surface area contributed by atoms with Gasteiger partial charge in [0.2, 0.25) is 5.91 Å². The number of hydrogen-bond acceptors (Lipinski definition) is 4. The Labute approximate surface area is 176 Å². The number of fused-ring (bicyclic) bond motifs is 1. The number of rotatable bonds is 3. The first kappa shape index (κ1) is 18.1. The second kappa shape index (κ2) is 7.13. The van der Waals surface area contributed by atoms with Gasteiger partial charge in [-0.15, -0.1) is 0 Å². The fraction of sp³-hybridized carbons (Fsp3) is 0.130. The number of amides is 2. The highest BCUT2D eigenvalue weighted by molar-refractivity contribution is 9.10. The van der Waals surface area contributed by atoms with Crippen molar-refractivity contribution in [2.75, 3.05) is 9.96 Å². The van der Waals surface area contributed by atoms with Gasteiger partial charge in [0.15, 0.2) is 6.10 Å². The summed E-state index contributed by atoms with van der Waals surface area (Å²) in [5.41, 5.74) is 2.30. The van der Waals surface area contributed by atoms with Gasteiger partial charge in [-0.1, -0.05) is 64.5 Å². The number of hydrogen-bond donors (Lipinski definition) is 0. The van der Waals surface area contributed by atoms with Gasteiger partial charge in [-0.05, 0) is 42.0 Å². The molecule has 2 aliphatic heterocycles. The van der Waals surface area contributed by atoms with Gasteiger partial charge in [0.1, 0.15) is 5.92 Å². The Morgan fingerprint density at radius 2 is 1.31 bits per heavy atom. The van der Waals surface area contributed by atoms with E-state index in [1.54, 1.807) is 17.2 Å². The summed E-state index contributed by atoms with van der Waals surface area (Å²) in [7, 11) is 0. The zero-order valence-corrected chi connectivity index (χ0v) is 16.9. The van der Waals surface area contributed by atoms with Crippen molar-refractivity contribution in [3.8, 4) is 0 Å². The average Bonchev–Trinajstić information content (AvgIpc) is 3.26. The molecule has 3 atom stereocenters. The summed E-state index contributed by atoms with van der Waals surface area (Å²) in [6, 6.07) is 25.9. The van der Waals surface area contributed by atoms with Crippen molar-refractivity contribution < 1.29 is 14.4 Å². The maximum Gasteiger partial charge on any atom is 0.266 e. The van der Waals surface area contributed by atoms with Crippen LogP contribution < -0.4 is 9.96 Å². The summed E-state index contributed by atoms with van der Waals surface area (Å²) in [5, 5.41) is 1.71. The van der Waals surface area contributed by atoms with Gasteiger partial charge in [-0.25, -0.2) is 9.96 Å².